The number of aromatic nitrogens is 3. The van der Waals surface area contributed by atoms with Crippen LogP contribution in [0.5, 0.6) is 0 Å². The van der Waals surface area contributed by atoms with Crippen LogP contribution in [0.4, 0.5) is 0 Å². The van der Waals surface area contributed by atoms with Gasteiger partial charge in [-0.15, -0.1) is 0 Å². The van der Waals surface area contributed by atoms with Crippen LogP contribution in [0.3, 0.4) is 0 Å². The second kappa shape index (κ2) is 4.69. The van der Waals surface area contributed by atoms with Crippen LogP contribution in [-0.2, 0) is 4.79 Å². The van der Waals surface area contributed by atoms with Gasteiger partial charge in [0, 0.05) is 36.3 Å². The van der Waals surface area contributed by atoms with Crippen molar-refractivity contribution in [2.45, 2.75) is 45.1 Å². The maximum absolute atomic E-state index is 12.6. The zero-order valence-corrected chi connectivity index (χ0v) is 13.5. The number of carbonyl (C=O) groups is 1. The molecule has 2 aromatic heterocycles. The van der Waals surface area contributed by atoms with Gasteiger partial charge in [0.25, 0.3) is 0 Å². The van der Waals surface area contributed by atoms with Crippen molar-refractivity contribution in [1.29, 1.82) is 0 Å². The van der Waals surface area contributed by atoms with Gasteiger partial charge in [-0.3, -0.25) is 9.20 Å². The molecule has 2 aromatic rings. The number of hydrogen-bond donors (Lipinski definition) is 0. The molecule has 4 heterocycles. The Morgan fingerprint density at radius 3 is 2.95 bits per heavy atom. The molecule has 2 aliphatic rings. The molecule has 2 atom stereocenters. The third kappa shape index (κ3) is 1.95. The van der Waals surface area contributed by atoms with E-state index in [1.165, 1.54) is 0 Å². The largest absolute Gasteiger partial charge is 0.338 e. The first-order valence-electron chi connectivity index (χ1n) is 7.76. The Labute approximate surface area is 134 Å². The standard InChI is InChI=1S/C16H19ClN4O/c1-16(2)7-11-4-3-10(9-21(11)15(16)22)14-19-8-12-13(17)18-5-6-20(12)14/h5-6,8,10-11H,3-4,7,9H2,1-2H3/t10-,11+/m1/s1. The van der Waals surface area contributed by atoms with Crippen LogP contribution in [0.1, 0.15) is 44.9 Å². The summed E-state index contributed by atoms with van der Waals surface area (Å²) < 4.78 is 2.01. The van der Waals surface area contributed by atoms with E-state index in [1.54, 1.807) is 12.4 Å². The molecule has 0 spiro atoms. The summed E-state index contributed by atoms with van der Waals surface area (Å²) in [6, 6.07) is 0.398. The molecule has 0 bridgehead atoms. The van der Waals surface area contributed by atoms with E-state index in [9.17, 15) is 4.79 Å². The third-order valence-corrected chi connectivity index (χ3v) is 5.39. The number of carbonyl (C=O) groups excluding carboxylic acids is 1. The molecule has 5 nitrogen and oxygen atoms in total. The highest BCUT2D eigenvalue weighted by Crippen LogP contribution is 2.42. The highest BCUT2D eigenvalue weighted by Gasteiger charge is 2.47. The maximum atomic E-state index is 12.6. The zero-order valence-electron chi connectivity index (χ0n) is 12.8. The van der Waals surface area contributed by atoms with E-state index < -0.39 is 0 Å². The molecule has 0 radical (unpaired) electrons. The normalized spacial score (nSPS) is 27.4. The molecule has 116 valence electrons. The predicted molar refractivity (Wildman–Crippen MR) is 83.9 cm³/mol. The second-order valence-corrected chi connectivity index (χ2v) is 7.42. The van der Waals surface area contributed by atoms with Crippen molar-refractivity contribution in [3.8, 4) is 0 Å². The fourth-order valence-electron chi connectivity index (χ4n) is 3.98. The lowest BCUT2D eigenvalue weighted by molar-refractivity contribution is -0.136. The van der Waals surface area contributed by atoms with E-state index in [1.807, 2.05) is 10.6 Å². The van der Waals surface area contributed by atoms with Crippen LogP contribution >= 0.6 is 11.6 Å². The minimum Gasteiger partial charge on any atom is -0.338 e. The lowest BCUT2D eigenvalue weighted by atomic mass is 9.87. The Morgan fingerprint density at radius 1 is 1.32 bits per heavy atom. The molecule has 0 aliphatic carbocycles. The second-order valence-electron chi connectivity index (χ2n) is 7.06. The lowest BCUT2D eigenvalue weighted by Gasteiger charge is -2.34. The van der Waals surface area contributed by atoms with Gasteiger partial charge < -0.3 is 4.90 Å². The van der Waals surface area contributed by atoms with E-state index in [2.05, 4.69) is 28.7 Å². The van der Waals surface area contributed by atoms with E-state index in [4.69, 9.17) is 11.6 Å². The number of halogens is 1. The fraction of sp³-hybridized carbons (Fsp3) is 0.562. The van der Waals surface area contributed by atoms with Crippen molar-refractivity contribution < 1.29 is 4.79 Å². The van der Waals surface area contributed by atoms with Gasteiger partial charge in [-0.05, 0) is 19.3 Å². The monoisotopic (exact) mass is 318 g/mol. The van der Waals surface area contributed by atoms with Crippen molar-refractivity contribution in [3.05, 3.63) is 29.6 Å². The van der Waals surface area contributed by atoms with Gasteiger partial charge >= 0.3 is 0 Å². The zero-order chi connectivity index (χ0) is 15.5. The van der Waals surface area contributed by atoms with Gasteiger partial charge in [0.05, 0.1) is 6.20 Å². The number of piperidine rings is 1. The van der Waals surface area contributed by atoms with E-state index >= 15 is 0 Å². The summed E-state index contributed by atoms with van der Waals surface area (Å²) >= 11 is 6.12. The van der Waals surface area contributed by atoms with Gasteiger partial charge in [-0.25, -0.2) is 9.97 Å². The minimum atomic E-state index is -0.221. The number of nitrogens with zero attached hydrogens (tertiary/aromatic N) is 4. The first-order valence-corrected chi connectivity index (χ1v) is 8.14. The molecule has 2 saturated heterocycles. The summed E-state index contributed by atoms with van der Waals surface area (Å²) in [6.45, 7) is 4.87. The average molecular weight is 319 g/mol. The molecule has 0 N–H and O–H groups in total. The van der Waals surface area contributed by atoms with Crippen LogP contribution < -0.4 is 0 Å². The van der Waals surface area contributed by atoms with Crippen molar-refractivity contribution in [3.63, 3.8) is 0 Å². The fourth-order valence-corrected chi connectivity index (χ4v) is 4.18. The summed E-state index contributed by atoms with van der Waals surface area (Å²) in [5.41, 5.74) is 0.607. The number of amides is 1. The van der Waals surface area contributed by atoms with E-state index in [0.29, 0.717) is 11.2 Å². The molecule has 2 aliphatic heterocycles. The maximum Gasteiger partial charge on any atom is 0.228 e. The Hall–Kier alpha value is -1.62. The van der Waals surface area contributed by atoms with Crippen molar-refractivity contribution in [2.24, 2.45) is 5.41 Å². The van der Waals surface area contributed by atoms with Crippen molar-refractivity contribution >= 4 is 23.0 Å². The first-order chi connectivity index (χ1) is 10.5. The average Bonchev–Trinajstić information content (AvgIpc) is 3.00. The quantitative estimate of drug-likeness (QED) is 0.812. The summed E-state index contributed by atoms with van der Waals surface area (Å²) in [4.78, 5) is 23.3. The van der Waals surface area contributed by atoms with E-state index in [0.717, 1.165) is 37.1 Å². The summed E-state index contributed by atoms with van der Waals surface area (Å²) in [5.74, 6) is 1.52. The topological polar surface area (TPSA) is 50.5 Å². The summed E-state index contributed by atoms with van der Waals surface area (Å²) in [5, 5.41) is 0.466. The highest BCUT2D eigenvalue weighted by molar-refractivity contribution is 6.32. The number of hydrogen-bond acceptors (Lipinski definition) is 3. The highest BCUT2D eigenvalue weighted by atomic mass is 35.5. The summed E-state index contributed by atoms with van der Waals surface area (Å²) in [6.07, 6.45) is 8.43. The van der Waals surface area contributed by atoms with Crippen LogP contribution in [0, 0.1) is 5.41 Å². The molecule has 6 heteroatoms. The van der Waals surface area contributed by atoms with Gasteiger partial charge in [0.15, 0.2) is 5.15 Å². The predicted octanol–water partition coefficient (Wildman–Crippen LogP) is 2.89. The molecular weight excluding hydrogens is 300 g/mol. The molecule has 2 fully saturated rings. The number of fused-ring (bicyclic) bond motifs is 2. The van der Waals surface area contributed by atoms with Crippen LogP contribution in [0.25, 0.3) is 5.52 Å². The van der Waals surface area contributed by atoms with Gasteiger partial charge in [-0.2, -0.15) is 0 Å². The van der Waals surface area contributed by atoms with Crippen molar-refractivity contribution in [2.75, 3.05) is 6.54 Å². The third-order valence-electron chi connectivity index (χ3n) is 5.10. The SMILES string of the molecule is CC1(C)C[C@@H]2CC[C@@H](c3ncc4c(Cl)nccn34)CN2C1=O. The number of rotatable bonds is 1. The lowest BCUT2D eigenvalue weighted by Crippen LogP contribution is -2.42. The molecule has 1 amide bonds. The van der Waals surface area contributed by atoms with Crippen LogP contribution in [0.2, 0.25) is 5.15 Å². The first kappa shape index (κ1) is 14.0. The number of imidazole rings is 1. The Bertz CT molecular complexity index is 754. The Morgan fingerprint density at radius 2 is 2.14 bits per heavy atom. The van der Waals surface area contributed by atoms with Gasteiger partial charge in [0.2, 0.25) is 5.91 Å². The Kier molecular flexibility index (Phi) is 2.98. The minimum absolute atomic E-state index is 0.221. The molecular formula is C16H19ClN4O. The summed E-state index contributed by atoms with van der Waals surface area (Å²) in [7, 11) is 0. The molecule has 22 heavy (non-hydrogen) atoms. The smallest absolute Gasteiger partial charge is 0.228 e. The van der Waals surface area contributed by atoms with Gasteiger partial charge in [-0.1, -0.05) is 25.4 Å². The Balaban J connectivity index is 1.67. The molecule has 0 aromatic carbocycles. The van der Waals surface area contributed by atoms with Crippen LogP contribution in [-0.4, -0.2) is 37.8 Å². The molecule has 0 saturated carbocycles. The van der Waals surface area contributed by atoms with E-state index in [-0.39, 0.29) is 17.2 Å². The van der Waals surface area contributed by atoms with Crippen LogP contribution in [0.15, 0.2) is 18.6 Å². The molecule has 4 rings (SSSR count). The van der Waals surface area contributed by atoms with Gasteiger partial charge in [0.1, 0.15) is 11.3 Å². The molecule has 0 unspecified atom stereocenters. The van der Waals surface area contributed by atoms with Crippen molar-refractivity contribution in [1.82, 2.24) is 19.3 Å².